The van der Waals surface area contributed by atoms with Crippen LogP contribution in [0.3, 0.4) is 0 Å². The van der Waals surface area contributed by atoms with Crippen LogP contribution in [0.25, 0.3) is 11.0 Å². The van der Waals surface area contributed by atoms with E-state index in [1.165, 1.54) is 0 Å². The first-order valence-electron chi connectivity index (χ1n) is 10.2. The molecule has 1 amide bonds. The van der Waals surface area contributed by atoms with Crippen molar-refractivity contribution in [1.82, 2.24) is 14.9 Å². The molecule has 0 aliphatic rings. The SMILES string of the molecule is CCN(CC)c1cccc2nc(C(O)c3ccc(Cl)cc3Cl)n(CCCNC(=O)O)c12. The summed E-state index contributed by atoms with van der Waals surface area (Å²) in [6.07, 6.45) is -1.58. The van der Waals surface area contributed by atoms with Crippen LogP contribution in [0.4, 0.5) is 10.5 Å². The van der Waals surface area contributed by atoms with E-state index in [1.807, 2.05) is 22.8 Å². The molecule has 1 aromatic heterocycles. The molecule has 3 N–H and O–H groups in total. The third kappa shape index (κ3) is 5.06. The van der Waals surface area contributed by atoms with Crippen LogP contribution in [0.1, 0.15) is 37.8 Å². The van der Waals surface area contributed by atoms with E-state index in [0.29, 0.717) is 40.9 Å². The summed E-state index contributed by atoms with van der Waals surface area (Å²) in [5, 5.41) is 23.3. The van der Waals surface area contributed by atoms with E-state index < -0.39 is 12.2 Å². The van der Waals surface area contributed by atoms with Gasteiger partial charge in [0.1, 0.15) is 11.9 Å². The molecule has 3 rings (SSSR count). The lowest BCUT2D eigenvalue weighted by molar-refractivity contribution is 0.193. The highest BCUT2D eigenvalue weighted by Crippen LogP contribution is 2.34. The van der Waals surface area contributed by atoms with E-state index in [-0.39, 0.29) is 0 Å². The summed E-state index contributed by atoms with van der Waals surface area (Å²) in [6.45, 7) is 6.59. The molecule has 7 nitrogen and oxygen atoms in total. The molecule has 2 aromatic carbocycles. The Balaban J connectivity index is 2.11. The summed E-state index contributed by atoms with van der Waals surface area (Å²) >= 11 is 12.4. The number of fused-ring (bicyclic) bond motifs is 1. The van der Waals surface area contributed by atoms with Crippen LogP contribution in [0, 0.1) is 0 Å². The lowest BCUT2D eigenvalue weighted by Gasteiger charge is -2.23. The van der Waals surface area contributed by atoms with Gasteiger partial charge in [0.15, 0.2) is 0 Å². The van der Waals surface area contributed by atoms with Crippen LogP contribution in [-0.4, -0.2) is 45.5 Å². The molecule has 166 valence electrons. The quantitative estimate of drug-likeness (QED) is 0.390. The number of anilines is 1. The first kappa shape index (κ1) is 23.2. The zero-order valence-electron chi connectivity index (χ0n) is 17.5. The number of amides is 1. The van der Waals surface area contributed by atoms with Crippen molar-refractivity contribution in [2.45, 2.75) is 32.9 Å². The fourth-order valence-electron chi connectivity index (χ4n) is 3.73. The van der Waals surface area contributed by atoms with Crippen molar-refractivity contribution < 1.29 is 15.0 Å². The molecular weight excluding hydrogens is 439 g/mol. The standard InChI is InChI=1S/C22H26Cl2N4O3/c1-3-27(4-2)18-8-5-7-17-19(18)28(12-6-11-25-22(30)31)21(26-17)20(29)15-10-9-14(23)13-16(15)24/h5,7-10,13,20,25,29H,3-4,6,11-12H2,1-2H3,(H,30,31). The minimum Gasteiger partial charge on any atom is -0.465 e. The Morgan fingerprint density at radius 3 is 2.61 bits per heavy atom. The average molecular weight is 465 g/mol. The zero-order valence-corrected chi connectivity index (χ0v) is 19.0. The molecule has 0 fully saturated rings. The van der Waals surface area contributed by atoms with Gasteiger partial charge >= 0.3 is 6.09 Å². The number of aromatic nitrogens is 2. The van der Waals surface area contributed by atoms with E-state index in [9.17, 15) is 9.90 Å². The number of imidazole rings is 1. The van der Waals surface area contributed by atoms with Crippen molar-refractivity contribution in [1.29, 1.82) is 0 Å². The number of rotatable bonds is 9. The maximum Gasteiger partial charge on any atom is 0.404 e. The number of nitrogens with one attached hydrogen (secondary N) is 1. The third-order valence-electron chi connectivity index (χ3n) is 5.22. The largest absolute Gasteiger partial charge is 0.465 e. The molecule has 3 aromatic rings. The number of para-hydroxylation sites is 1. The van der Waals surface area contributed by atoms with Gasteiger partial charge in [-0.2, -0.15) is 0 Å². The second-order valence-corrected chi connectivity index (χ2v) is 7.94. The van der Waals surface area contributed by atoms with Crippen molar-refractivity contribution in [3.05, 3.63) is 57.8 Å². The summed E-state index contributed by atoms with van der Waals surface area (Å²) in [6, 6.07) is 10.9. The number of carboxylic acid groups (broad SMARTS) is 1. The van der Waals surface area contributed by atoms with Crippen LogP contribution in [-0.2, 0) is 6.54 Å². The monoisotopic (exact) mass is 464 g/mol. The van der Waals surface area contributed by atoms with E-state index in [4.69, 9.17) is 33.3 Å². The first-order valence-corrected chi connectivity index (χ1v) is 11.0. The lowest BCUT2D eigenvalue weighted by atomic mass is 10.1. The number of aliphatic hydroxyl groups excluding tert-OH is 1. The van der Waals surface area contributed by atoms with Gasteiger partial charge in [-0.15, -0.1) is 0 Å². The van der Waals surface area contributed by atoms with Crippen LogP contribution in [0.15, 0.2) is 36.4 Å². The lowest BCUT2D eigenvalue weighted by Crippen LogP contribution is -2.24. The molecule has 9 heteroatoms. The van der Waals surface area contributed by atoms with Gasteiger partial charge in [-0.3, -0.25) is 0 Å². The zero-order chi connectivity index (χ0) is 22.5. The molecule has 1 unspecified atom stereocenters. The number of aliphatic hydroxyl groups is 1. The normalized spacial score (nSPS) is 12.2. The number of aryl methyl sites for hydroxylation is 1. The minimum absolute atomic E-state index is 0.291. The van der Waals surface area contributed by atoms with Crippen LogP contribution < -0.4 is 10.2 Å². The molecular formula is C22H26Cl2N4O3. The van der Waals surface area contributed by atoms with Gasteiger partial charge in [0, 0.05) is 41.8 Å². The average Bonchev–Trinajstić information content (AvgIpc) is 3.11. The highest BCUT2D eigenvalue weighted by molar-refractivity contribution is 6.35. The second-order valence-electron chi connectivity index (χ2n) is 7.09. The Hall–Kier alpha value is -2.48. The van der Waals surface area contributed by atoms with Gasteiger partial charge in [-0.25, -0.2) is 9.78 Å². The predicted octanol–water partition coefficient (Wildman–Crippen LogP) is 4.93. The molecule has 1 heterocycles. The topological polar surface area (TPSA) is 90.6 Å². The van der Waals surface area contributed by atoms with E-state index >= 15 is 0 Å². The van der Waals surface area contributed by atoms with Crippen LogP contribution in [0.5, 0.6) is 0 Å². The van der Waals surface area contributed by atoms with Crippen molar-refractivity contribution in [3.8, 4) is 0 Å². The summed E-state index contributed by atoms with van der Waals surface area (Å²) in [5.41, 5.74) is 3.19. The van der Waals surface area contributed by atoms with Crippen LogP contribution >= 0.6 is 23.2 Å². The summed E-state index contributed by atoms with van der Waals surface area (Å²) in [5.74, 6) is 0.453. The third-order valence-corrected chi connectivity index (χ3v) is 5.78. The Labute approximate surface area is 191 Å². The predicted molar refractivity (Wildman–Crippen MR) is 124 cm³/mol. The molecule has 31 heavy (non-hydrogen) atoms. The molecule has 0 aliphatic heterocycles. The Kier molecular flexibility index (Phi) is 7.64. The molecule has 1 atom stereocenters. The smallest absolute Gasteiger partial charge is 0.404 e. The number of nitrogens with zero attached hydrogens (tertiary/aromatic N) is 3. The number of benzene rings is 2. The van der Waals surface area contributed by atoms with E-state index in [1.54, 1.807) is 18.2 Å². The van der Waals surface area contributed by atoms with E-state index in [2.05, 4.69) is 24.1 Å². The molecule has 0 saturated heterocycles. The molecule has 0 saturated carbocycles. The summed E-state index contributed by atoms with van der Waals surface area (Å²) in [4.78, 5) is 17.8. The fourth-order valence-corrected chi connectivity index (χ4v) is 4.25. The van der Waals surface area contributed by atoms with Crippen molar-refractivity contribution in [3.63, 3.8) is 0 Å². The Bertz CT molecular complexity index is 1070. The molecule has 0 spiro atoms. The number of hydrogen-bond donors (Lipinski definition) is 3. The maximum absolute atomic E-state index is 11.2. The van der Waals surface area contributed by atoms with Crippen molar-refractivity contribution in [2.75, 3.05) is 24.5 Å². The first-order chi connectivity index (χ1) is 14.9. The van der Waals surface area contributed by atoms with Gasteiger partial charge in [0.05, 0.1) is 16.7 Å². The summed E-state index contributed by atoms with van der Waals surface area (Å²) < 4.78 is 1.96. The van der Waals surface area contributed by atoms with Gasteiger partial charge in [0.25, 0.3) is 0 Å². The number of hydrogen-bond acceptors (Lipinski definition) is 4. The van der Waals surface area contributed by atoms with Gasteiger partial charge in [-0.1, -0.05) is 35.3 Å². The fraction of sp³-hybridized carbons (Fsp3) is 0.364. The van der Waals surface area contributed by atoms with Crippen molar-refractivity contribution >= 4 is 46.0 Å². The number of halogens is 2. The van der Waals surface area contributed by atoms with Crippen molar-refractivity contribution in [2.24, 2.45) is 0 Å². The second kappa shape index (κ2) is 10.2. The summed E-state index contributed by atoms with van der Waals surface area (Å²) in [7, 11) is 0. The van der Waals surface area contributed by atoms with Crippen LogP contribution in [0.2, 0.25) is 10.0 Å². The molecule has 0 radical (unpaired) electrons. The van der Waals surface area contributed by atoms with Gasteiger partial charge < -0.3 is 25.0 Å². The van der Waals surface area contributed by atoms with E-state index in [0.717, 1.165) is 29.8 Å². The highest BCUT2D eigenvalue weighted by atomic mass is 35.5. The Morgan fingerprint density at radius 2 is 1.97 bits per heavy atom. The van der Waals surface area contributed by atoms with Gasteiger partial charge in [-0.05, 0) is 44.5 Å². The maximum atomic E-state index is 11.2. The Morgan fingerprint density at radius 1 is 1.23 bits per heavy atom. The minimum atomic E-state index is -1.06. The highest BCUT2D eigenvalue weighted by Gasteiger charge is 2.24. The van der Waals surface area contributed by atoms with Gasteiger partial charge in [0.2, 0.25) is 0 Å². The molecule has 0 aliphatic carbocycles. The molecule has 0 bridgehead atoms. The number of carbonyl (C=O) groups is 1.